The van der Waals surface area contributed by atoms with E-state index in [0.717, 1.165) is 6.42 Å². The number of rotatable bonds is 4. The number of nitrogens with zero attached hydrogens (tertiary/aromatic N) is 1. The maximum Gasteiger partial charge on any atom is 0.262 e. The van der Waals surface area contributed by atoms with Crippen molar-refractivity contribution in [3.05, 3.63) is 29.7 Å². The van der Waals surface area contributed by atoms with E-state index in [1.807, 2.05) is 19.9 Å². The van der Waals surface area contributed by atoms with E-state index < -0.39 is 0 Å². The van der Waals surface area contributed by atoms with E-state index in [0.29, 0.717) is 5.76 Å². The molecule has 0 spiro atoms. The molecule has 0 unspecified atom stereocenters. The molecule has 4 heteroatoms. The zero-order chi connectivity index (χ0) is 12.0. The van der Waals surface area contributed by atoms with Crippen LogP contribution >= 0.6 is 0 Å². The third-order valence-electron chi connectivity index (χ3n) is 2.18. The summed E-state index contributed by atoms with van der Waals surface area (Å²) in [6.45, 7) is 3.85. The van der Waals surface area contributed by atoms with Crippen molar-refractivity contribution in [2.24, 2.45) is 0 Å². The highest BCUT2D eigenvalue weighted by Crippen LogP contribution is 2.07. The second-order valence-electron chi connectivity index (χ2n) is 3.47. The van der Waals surface area contributed by atoms with Gasteiger partial charge in [0.1, 0.15) is 17.4 Å². The van der Waals surface area contributed by atoms with Gasteiger partial charge in [-0.25, -0.2) is 0 Å². The van der Waals surface area contributed by atoms with Crippen molar-refractivity contribution in [1.82, 2.24) is 5.32 Å². The van der Waals surface area contributed by atoms with Crippen molar-refractivity contribution in [2.45, 2.75) is 26.3 Å². The van der Waals surface area contributed by atoms with E-state index in [4.69, 9.17) is 9.68 Å². The molecule has 0 saturated heterocycles. The van der Waals surface area contributed by atoms with Gasteiger partial charge in [-0.05, 0) is 25.5 Å². The van der Waals surface area contributed by atoms with E-state index in [9.17, 15) is 4.79 Å². The first kappa shape index (κ1) is 12.1. The van der Waals surface area contributed by atoms with Crippen molar-refractivity contribution in [3.63, 3.8) is 0 Å². The summed E-state index contributed by atoms with van der Waals surface area (Å²) in [7, 11) is 0. The van der Waals surface area contributed by atoms with Gasteiger partial charge in [-0.1, -0.05) is 6.92 Å². The van der Waals surface area contributed by atoms with Crippen LogP contribution in [0.2, 0.25) is 0 Å². The molecule has 1 aromatic heterocycles. The average molecular weight is 218 g/mol. The van der Waals surface area contributed by atoms with Gasteiger partial charge in [-0.3, -0.25) is 4.79 Å². The Morgan fingerprint density at radius 3 is 3.00 bits per heavy atom. The maximum atomic E-state index is 11.6. The molecular weight excluding hydrogens is 204 g/mol. The van der Waals surface area contributed by atoms with Crippen LogP contribution in [0.25, 0.3) is 6.08 Å². The Labute approximate surface area is 94.6 Å². The van der Waals surface area contributed by atoms with Crippen LogP contribution in [0, 0.1) is 11.3 Å². The number of hydrogen-bond acceptors (Lipinski definition) is 3. The van der Waals surface area contributed by atoms with Crippen LogP contribution in [0.4, 0.5) is 0 Å². The van der Waals surface area contributed by atoms with Gasteiger partial charge in [0, 0.05) is 12.1 Å². The molecule has 0 aliphatic carbocycles. The summed E-state index contributed by atoms with van der Waals surface area (Å²) in [5.74, 6) is 0.129. The van der Waals surface area contributed by atoms with Gasteiger partial charge in [-0.15, -0.1) is 0 Å². The average Bonchev–Trinajstić information content (AvgIpc) is 2.78. The Kier molecular flexibility index (Phi) is 4.34. The molecule has 4 nitrogen and oxygen atoms in total. The molecule has 0 saturated carbocycles. The lowest BCUT2D eigenvalue weighted by Gasteiger charge is -2.09. The number of carbonyl (C=O) groups excluding carboxylic acids is 1. The normalized spacial score (nSPS) is 12.9. The van der Waals surface area contributed by atoms with E-state index in [1.54, 1.807) is 12.1 Å². The smallest absolute Gasteiger partial charge is 0.262 e. The summed E-state index contributed by atoms with van der Waals surface area (Å²) in [4.78, 5) is 11.6. The fraction of sp³-hybridized carbons (Fsp3) is 0.333. The van der Waals surface area contributed by atoms with Gasteiger partial charge in [0.2, 0.25) is 0 Å². The highest BCUT2D eigenvalue weighted by Gasteiger charge is 2.11. The molecular formula is C12H14N2O2. The maximum absolute atomic E-state index is 11.6. The summed E-state index contributed by atoms with van der Waals surface area (Å²) >= 11 is 0. The largest absolute Gasteiger partial charge is 0.465 e. The van der Waals surface area contributed by atoms with Crippen LogP contribution in [0.3, 0.4) is 0 Å². The van der Waals surface area contributed by atoms with Crippen LogP contribution in [-0.4, -0.2) is 11.9 Å². The van der Waals surface area contributed by atoms with Crippen LogP contribution in [-0.2, 0) is 4.79 Å². The Morgan fingerprint density at radius 2 is 2.50 bits per heavy atom. The van der Waals surface area contributed by atoms with Crippen molar-refractivity contribution >= 4 is 12.0 Å². The van der Waals surface area contributed by atoms with Crippen molar-refractivity contribution in [3.8, 4) is 6.07 Å². The molecule has 1 N–H and O–H groups in total. The molecule has 0 aliphatic heterocycles. The highest BCUT2D eigenvalue weighted by atomic mass is 16.3. The molecule has 1 rings (SSSR count). The number of carbonyl (C=O) groups is 1. The zero-order valence-electron chi connectivity index (χ0n) is 9.36. The van der Waals surface area contributed by atoms with Crippen LogP contribution < -0.4 is 5.32 Å². The fourth-order valence-corrected chi connectivity index (χ4v) is 1.07. The Hall–Kier alpha value is -2.02. The predicted molar refractivity (Wildman–Crippen MR) is 60.2 cm³/mol. The summed E-state index contributed by atoms with van der Waals surface area (Å²) in [5, 5.41) is 11.6. The lowest BCUT2D eigenvalue weighted by atomic mass is 10.2. The monoisotopic (exact) mass is 218 g/mol. The lowest BCUT2D eigenvalue weighted by Crippen LogP contribution is -2.32. The van der Waals surface area contributed by atoms with Gasteiger partial charge in [0.05, 0.1) is 6.26 Å². The Balaban J connectivity index is 2.76. The third-order valence-corrected chi connectivity index (χ3v) is 2.18. The summed E-state index contributed by atoms with van der Waals surface area (Å²) in [5.41, 5.74) is 0.0512. The summed E-state index contributed by atoms with van der Waals surface area (Å²) in [6.07, 6.45) is 3.75. The minimum absolute atomic E-state index is 0.0512. The Morgan fingerprint density at radius 1 is 1.75 bits per heavy atom. The molecule has 0 radical (unpaired) electrons. The third kappa shape index (κ3) is 3.28. The van der Waals surface area contributed by atoms with Gasteiger partial charge in [0.15, 0.2) is 0 Å². The molecule has 1 atom stereocenters. The van der Waals surface area contributed by atoms with E-state index in [2.05, 4.69) is 5.32 Å². The van der Waals surface area contributed by atoms with Crippen LogP contribution in [0.15, 0.2) is 28.4 Å². The van der Waals surface area contributed by atoms with Crippen molar-refractivity contribution < 1.29 is 9.21 Å². The molecule has 1 amide bonds. The Bertz CT molecular complexity index is 413. The number of furan rings is 1. The molecule has 0 fully saturated rings. The highest BCUT2D eigenvalue weighted by molar-refractivity contribution is 6.01. The topological polar surface area (TPSA) is 66.0 Å². The fourth-order valence-electron chi connectivity index (χ4n) is 1.07. The second kappa shape index (κ2) is 5.76. The van der Waals surface area contributed by atoms with Gasteiger partial charge in [0.25, 0.3) is 5.91 Å². The van der Waals surface area contributed by atoms with Crippen molar-refractivity contribution in [1.29, 1.82) is 5.26 Å². The standard InChI is InChI=1S/C12H14N2O2/c1-3-9(2)14-12(15)10(8-13)7-11-5-4-6-16-11/h4-7,9H,3H2,1-2H3,(H,14,15)/b10-7+/t9-/m0/s1. The number of hydrogen-bond donors (Lipinski definition) is 1. The zero-order valence-corrected chi connectivity index (χ0v) is 9.36. The molecule has 16 heavy (non-hydrogen) atoms. The quantitative estimate of drug-likeness (QED) is 0.621. The predicted octanol–water partition coefficient (Wildman–Crippen LogP) is 2.10. The van der Waals surface area contributed by atoms with E-state index in [1.165, 1.54) is 12.3 Å². The van der Waals surface area contributed by atoms with Crippen LogP contribution in [0.1, 0.15) is 26.0 Å². The first-order valence-electron chi connectivity index (χ1n) is 5.13. The minimum atomic E-state index is -0.367. The van der Waals surface area contributed by atoms with E-state index >= 15 is 0 Å². The van der Waals surface area contributed by atoms with Gasteiger partial charge in [-0.2, -0.15) is 5.26 Å². The number of nitriles is 1. The summed E-state index contributed by atoms with van der Waals surface area (Å²) < 4.78 is 5.04. The SMILES string of the molecule is CC[C@H](C)NC(=O)/C(C#N)=C/c1ccco1. The second-order valence-corrected chi connectivity index (χ2v) is 3.47. The minimum Gasteiger partial charge on any atom is -0.465 e. The molecule has 1 aromatic rings. The van der Waals surface area contributed by atoms with Crippen molar-refractivity contribution in [2.75, 3.05) is 0 Å². The van der Waals surface area contributed by atoms with Crippen LogP contribution in [0.5, 0.6) is 0 Å². The molecule has 0 aromatic carbocycles. The molecule has 0 aliphatic rings. The molecule has 0 bridgehead atoms. The number of amides is 1. The first-order valence-corrected chi connectivity index (χ1v) is 5.13. The lowest BCUT2D eigenvalue weighted by molar-refractivity contribution is -0.117. The molecule has 84 valence electrons. The summed E-state index contributed by atoms with van der Waals surface area (Å²) in [6, 6.07) is 5.31. The van der Waals surface area contributed by atoms with Gasteiger partial charge >= 0.3 is 0 Å². The molecule has 1 heterocycles. The van der Waals surface area contributed by atoms with Gasteiger partial charge < -0.3 is 9.73 Å². The number of nitrogens with one attached hydrogen (secondary N) is 1. The first-order chi connectivity index (χ1) is 7.67. The van der Waals surface area contributed by atoms with E-state index in [-0.39, 0.29) is 17.5 Å².